The number of anilines is 1. The Morgan fingerprint density at radius 2 is 1.88 bits per heavy atom. The summed E-state index contributed by atoms with van der Waals surface area (Å²) < 4.78 is 0. The summed E-state index contributed by atoms with van der Waals surface area (Å²) in [4.78, 5) is 4.44. The van der Waals surface area contributed by atoms with Gasteiger partial charge in [-0.3, -0.25) is 0 Å². The van der Waals surface area contributed by atoms with Crippen LogP contribution in [0.2, 0.25) is 5.02 Å². The van der Waals surface area contributed by atoms with Gasteiger partial charge in [0.25, 0.3) is 0 Å². The highest BCUT2D eigenvalue weighted by Crippen LogP contribution is 2.30. The zero-order chi connectivity index (χ0) is 12.8. The van der Waals surface area contributed by atoms with Crippen molar-refractivity contribution >= 4 is 33.2 Å². The van der Waals surface area contributed by atoms with E-state index in [2.05, 4.69) is 52.9 Å². The molecule has 0 saturated heterocycles. The van der Waals surface area contributed by atoms with Crippen LogP contribution in [0.4, 0.5) is 5.69 Å². The van der Waals surface area contributed by atoms with Gasteiger partial charge in [-0.1, -0.05) is 39.7 Å². The Balaban J connectivity index is 2.70. The molecule has 1 aromatic carbocycles. The first-order valence-corrected chi connectivity index (χ1v) is 7.25. The molecule has 1 aromatic rings. The summed E-state index contributed by atoms with van der Waals surface area (Å²) in [5.74, 6) is 0. The zero-order valence-electron chi connectivity index (χ0n) is 10.7. The van der Waals surface area contributed by atoms with Crippen LogP contribution in [0, 0.1) is 0 Å². The molecular weight excluding hydrogens is 300 g/mol. The second kappa shape index (κ2) is 7.24. The predicted octanol–water partition coefficient (Wildman–Crippen LogP) is 3.62. The van der Waals surface area contributed by atoms with E-state index >= 15 is 0 Å². The van der Waals surface area contributed by atoms with Crippen molar-refractivity contribution in [1.29, 1.82) is 0 Å². The smallest absolute Gasteiger partial charge is 0.0642 e. The average Bonchev–Trinajstić information content (AvgIpc) is 2.27. The Morgan fingerprint density at radius 3 is 2.47 bits per heavy atom. The molecule has 0 aliphatic heterocycles. The standard InChI is InChI=1S/C13H20BrClN2/c1-16(2)8-5-9-17(3)13-11(10-14)6-4-7-12(13)15/h4,6-7H,5,8-10H2,1-3H3. The zero-order valence-corrected chi connectivity index (χ0v) is 13.1. The molecule has 0 N–H and O–H groups in total. The molecular formula is C13H20BrClN2. The number of nitrogens with zero attached hydrogens (tertiary/aromatic N) is 2. The van der Waals surface area contributed by atoms with Crippen molar-refractivity contribution in [2.45, 2.75) is 11.8 Å². The number of alkyl halides is 1. The van der Waals surface area contributed by atoms with E-state index < -0.39 is 0 Å². The van der Waals surface area contributed by atoms with Gasteiger partial charge in [-0.2, -0.15) is 0 Å². The van der Waals surface area contributed by atoms with Gasteiger partial charge in [-0.25, -0.2) is 0 Å². The molecule has 4 heteroatoms. The van der Waals surface area contributed by atoms with Crippen molar-refractivity contribution in [2.24, 2.45) is 0 Å². The third kappa shape index (κ3) is 4.49. The van der Waals surface area contributed by atoms with Crippen LogP contribution in [-0.2, 0) is 5.33 Å². The fraction of sp³-hybridized carbons (Fsp3) is 0.538. The third-order valence-electron chi connectivity index (χ3n) is 2.69. The van der Waals surface area contributed by atoms with Gasteiger partial charge in [0.15, 0.2) is 0 Å². The Morgan fingerprint density at radius 1 is 1.18 bits per heavy atom. The number of para-hydroxylation sites is 1. The lowest BCUT2D eigenvalue weighted by atomic mass is 10.2. The Bertz CT molecular complexity index is 355. The van der Waals surface area contributed by atoms with Crippen molar-refractivity contribution in [1.82, 2.24) is 4.90 Å². The predicted molar refractivity (Wildman–Crippen MR) is 80.5 cm³/mol. The lowest BCUT2D eigenvalue weighted by Gasteiger charge is -2.24. The van der Waals surface area contributed by atoms with E-state index in [1.54, 1.807) is 0 Å². The molecule has 0 amide bonds. The van der Waals surface area contributed by atoms with E-state index in [9.17, 15) is 0 Å². The van der Waals surface area contributed by atoms with Crippen molar-refractivity contribution in [3.8, 4) is 0 Å². The number of benzene rings is 1. The normalized spacial score (nSPS) is 10.9. The minimum Gasteiger partial charge on any atom is -0.373 e. The molecule has 0 saturated carbocycles. The van der Waals surface area contributed by atoms with Crippen molar-refractivity contribution in [2.75, 3.05) is 39.1 Å². The van der Waals surface area contributed by atoms with Gasteiger partial charge in [0.05, 0.1) is 10.7 Å². The molecule has 17 heavy (non-hydrogen) atoms. The minimum absolute atomic E-state index is 0.828. The van der Waals surface area contributed by atoms with E-state index in [0.29, 0.717) is 0 Å². The van der Waals surface area contributed by atoms with Gasteiger partial charge in [0.1, 0.15) is 0 Å². The van der Waals surface area contributed by atoms with Crippen LogP contribution in [0.25, 0.3) is 0 Å². The molecule has 2 nitrogen and oxygen atoms in total. The maximum absolute atomic E-state index is 6.27. The second-order valence-electron chi connectivity index (χ2n) is 4.46. The maximum atomic E-state index is 6.27. The first-order chi connectivity index (χ1) is 8.06. The van der Waals surface area contributed by atoms with E-state index in [1.165, 1.54) is 5.56 Å². The Kier molecular flexibility index (Phi) is 6.31. The minimum atomic E-state index is 0.828. The summed E-state index contributed by atoms with van der Waals surface area (Å²) in [6.07, 6.45) is 1.14. The number of rotatable bonds is 6. The highest BCUT2D eigenvalue weighted by Gasteiger charge is 2.10. The summed E-state index contributed by atoms with van der Waals surface area (Å²) in [5.41, 5.74) is 2.38. The van der Waals surface area contributed by atoms with Crippen molar-refractivity contribution in [3.63, 3.8) is 0 Å². The van der Waals surface area contributed by atoms with E-state index in [0.717, 1.165) is 35.6 Å². The number of hydrogen-bond donors (Lipinski definition) is 0. The van der Waals surface area contributed by atoms with Gasteiger partial charge in [-0.15, -0.1) is 0 Å². The van der Waals surface area contributed by atoms with Crippen LogP contribution < -0.4 is 4.90 Å². The number of hydrogen-bond acceptors (Lipinski definition) is 2. The van der Waals surface area contributed by atoms with Gasteiger partial charge in [0, 0.05) is 18.9 Å². The summed E-state index contributed by atoms with van der Waals surface area (Å²) in [5, 5.41) is 1.66. The Hall–Kier alpha value is -0.250. The van der Waals surface area contributed by atoms with Gasteiger partial charge in [-0.05, 0) is 38.7 Å². The monoisotopic (exact) mass is 318 g/mol. The van der Waals surface area contributed by atoms with Gasteiger partial charge >= 0.3 is 0 Å². The SMILES string of the molecule is CN(C)CCCN(C)c1c(Cl)cccc1CBr. The molecule has 0 aliphatic rings. The number of halogens is 2. The largest absolute Gasteiger partial charge is 0.373 e. The fourth-order valence-electron chi connectivity index (χ4n) is 1.83. The van der Waals surface area contributed by atoms with E-state index in [4.69, 9.17) is 11.6 Å². The molecule has 1 rings (SSSR count). The van der Waals surface area contributed by atoms with Crippen LogP contribution in [0.5, 0.6) is 0 Å². The molecule has 0 atom stereocenters. The van der Waals surface area contributed by atoms with E-state index in [-0.39, 0.29) is 0 Å². The lowest BCUT2D eigenvalue weighted by Crippen LogP contribution is -2.24. The fourth-order valence-corrected chi connectivity index (χ4v) is 2.62. The van der Waals surface area contributed by atoms with Crippen LogP contribution in [-0.4, -0.2) is 39.1 Å². The first kappa shape index (κ1) is 14.8. The average molecular weight is 320 g/mol. The first-order valence-electron chi connectivity index (χ1n) is 5.75. The van der Waals surface area contributed by atoms with Crippen molar-refractivity contribution < 1.29 is 0 Å². The van der Waals surface area contributed by atoms with E-state index in [1.807, 2.05) is 12.1 Å². The summed E-state index contributed by atoms with van der Waals surface area (Å²) in [7, 11) is 6.29. The van der Waals surface area contributed by atoms with Gasteiger partial charge < -0.3 is 9.80 Å². The molecule has 0 bridgehead atoms. The molecule has 96 valence electrons. The Labute approximate surface area is 118 Å². The lowest BCUT2D eigenvalue weighted by molar-refractivity contribution is 0.401. The summed E-state index contributed by atoms with van der Waals surface area (Å²) in [6.45, 7) is 2.11. The third-order valence-corrected chi connectivity index (χ3v) is 3.60. The molecule has 0 heterocycles. The van der Waals surface area contributed by atoms with Crippen LogP contribution >= 0.6 is 27.5 Å². The topological polar surface area (TPSA) is 6.48 Å². The van der Waals surface area contributed by atoms with Crippen LogP contribution in [0.1, 0.15) is 12.0 Å². The van der Waals surface area contributed by atoms with Crippen molar-refractivity contribution in [3.05, 3.63) is 28.8 Å². The summed E-state index contributed by atoms with van der Waals surface area (Å²) in [6, 6.07) is 6.06. The second-order valence-corrected chi connectivity index (χ2v) is 5.43. The highest BCUT2D eigenvalue weighted by atomic mass is 79.9. The maximum Gasteiger partial charge on any atom is 0.0642 e. The van der Waals surface area contributed by atoms with Gasteiger partial charge in [0.2, 0.25) is 0 Å². The molecule has 0 spiro atoms. The summed E-state index contributed by atoms with van der Waals surface area (Å²) >= 11 is 9.78. The molecule has 0 aliphatic carbocycles. The van der Waals surface area contributed by atoms with Crippen LogP contribution in [0.3, 0.4) is 0 Å². The highest BCUT2D eigenvalue weighted by molar-refractivity contribution is 9.08. The molecule has 0 radical (unpaired) electrons. The van der Waals surface area contributed by atoms with Crippen LogP contribution in [0.15, 0.2) is 18.2 Å². The molecule has 0 fully saturated rings. The molecule has 0 aromatic heterocycles. The quantitative estimate of drug-likeness (QED) is 0.739. The molecule has 0 unspecified atom stereocenters.